The second-order valence-corrected chi connectivity index (χ2v) is 6.02. The van der Waals surface area contributed by atoms with Gasteiger partial charge in [0.2, 0.25) is 0 Å². The van der Waals surface area contributed by atoms with E-state index in [0.29, 0.717) is 28.1 Å². The molecule has 0 aliphatic heterocycles. The zero-order valence-electron chi connectivity index (χ0n) is 11.2. The van der Waals surface area contributed by atoms with E-state index in [1.807, 2.05) is 18.2 Å². The van der Waals surface area contributed by atoms with Crippen LogP contribution in [0.3, 0.4) is 0 Å². The van der Waals surface area contributed by atoms with E-state index in [1.165, 1.54) is 0 Å². The highest BCUT2D eigenvalue weighted by molar-refractivity contribution is 9.10. The summed E-state index contributed by atoms with van der Waals surface area (Å²) >= 11 is 14.5. The molecule has 2 rings (SSSR count). The summed E-state index contributed by atoms with van der Waals surface area (Å²) in [4.78, 5) is 0.316. The van der Waals surface area contributed by atoms with Gasteiger partial charge in [-0.25, -0.2) is 0 Å². The molecule has 0 saturated heterocycles. The smallest absolute Gasteiger partial charge is 0.161 e. The average Bonchev–Trinajstić information content (AvgIpc) is 2.46. The number of thiocarbonyl (C=S) groups is 1. The molecule has 0 bridgehead atoms. The average molecular weight is 387 g/mol. The lowest BCUT2D eigenvalue weighted by Gasteiger charge is -2.12. The molecular formula is C15H13BrClNO2S. The summed E-state index contributed by atoms with van der Waals surface area (Å²) in [5.74, 6) is 1.19. The molecule has 0 heterocycles. The Kier molecular flexibility index (Phi) is 5.45. The molecule has 0 aromatic heterocycles. The number of rotatable bonds is 5. The molecule has 6 heteroatoms. The lowest BCUT2D eigenvalue weighted by Crippen LogP contribution is -2.09. The summed E-state index contributed by atoms with van der Waals surface area (Å²) in [6.45, 7) is 0.342. The van der Waals surface area contributed by atoms with Crippen LogP contribution in [0.2, 0.25) is 5.02 Å². The lowest BCUT2D eigenvalue weighted by atomic mass is 10.2. The quantitative estimate of drug-likeness (QED) is 0.777. The highest BCUT2D eigenvalue weighted by Gasteiger charge is 2.09. The first-order valence-electron chi connectivity index (χ1n) is 6.06. The van der Waals surface area contributed by atoms with Crippen molar-refractivity contribution in [2.24, 2.45) is 5.73 Å². The van der Waals surface area contributed by atoms with Gasteiger partial charge in [-0.1, -0.05) is 45.8 Å². The molecule has 0 aliphatic rings. The van der Waals surface area contributed by atoms with Gasteiger partial charge in [0, 0.05) is 20.6 Å². The number of benzene rings is 2. The van der Waals surface area contributed by atoms with E-state index in [9.17, 15) is 0 Å². The molecule has 0 saturated carbocycles. The summed E-state index contributed by atoms with van der Waals surface area (Å²) in [5, 5.41) is 0.642. The number of methoxy groups -OCH3 is 1. The van der Waals surface area contributed by atoms with Crippen LogP contribution in [0.4, 0.5) is 0 Å². The zero-order valence-corrected chi connectivity index (χ0v) is 14.4. The maximum absolute atomic E-state index is 6.16. The first-order chi connectivity index (χ1) is 10.0. The molecule has 0 atom stereocenters. The van der Waals surface area contributed by atoms with Crippen LogP contribution in [0.25, 0.3) is 0 Å². The zero-order chi connectivity index (χ0) is 15.4. The van der Waals surface area contributed by atoms with E-state index in [0.717, 1.165) is 15.6 Å². The van der Waals surface area contributed by atoms with Crippen molar-refractivity contribution < 1.29 is 9.47 Å². The molecule has 2 aromatic carbocycles. The van der Waals surface area contributed by atoms with Crippen LogP contribution in [0.1, 0.15) is 11.1 Å². The first kappa shape index (κ1) is 16.1. The molecule has 21 heavy (non-hydrogen) atoms. The fourth-order valence-electron chi connectivity index (χ4n) is 1.73. The van der Waals surface area contributed by atoms with Gasteiger partial charge in [0.15, 0.2) is 11.5 Å². The van der Waals surface area contributed by atoms with E-state index in [-0.39, 0.29) is 0 Å². The third-order valence-corrected chi connectivity index (χ3v) is 3.93. The molecule has 2 N–H and O–H groups in total. The van der Waals surface area contributed by atoms with E-state index >= 15 is 0 Å². The Morgan fingerprint density at radius 3 is 2.62 bits per heavy atom. The summed E-state index contributed by atoms with van der Waals surface area (Å²) < 4.78 is 12.0. The standard InChI is InChI=1S/C15H13BrClNO2S/c1-19-14-6-9(15(18)21)3-5-13(14)20-8-10-2-4-11(16)7-12(10)17/h2-7H,8H2,1H3,(H2,18,21). The van der Waals surface area contributed by atoms with Gasteiger partial charge < -0.3 is 15.2 Å². The second-order valence-electron chi connectivity index (χ2n) is 4.25. The van der Waals surface area contributed by atoms with Crippen molar-refractivity contribution in [2.75, 3.05) is 7.11 Å². The monoisotopic (exact) mass is 385 g/mol. The fraction of sp³-hybridized carbons (Fsp3) is 0.133. The van der Waals surface area contributed by atoms with Crippen LogP contribution >= 0.6 is 39.7 Å². The molecule has 0 spiro atoms. The van der Waals surface area contributed by atoms with E-state index in [2.05, 4.69) is 15.9 Å². The Balaban J connectivity index is 2.17. The van der Waals surface area contributed by atoms with Crippen LogP contribution in [-0.4, -0.2) is 12.1 Å². The molecule has 0 fully saturated rings. The summed E-state index contributed by atoms with van der Waals surface area (Å²) in [5.41, 5.74) is 7.22. The SMILES string of the molecule is COc1cc(C(N)=S)ccc1OCc1ccc(Br)cc1Cl. The lowest BCUT2D eigenvalue weighted by molar-refractivity contribution is 0.284. The first-order valence-corrected chi connectivity index (χ1v) is 7.63. The van der Waals surface area contributed by atoms with Gasteiger partial charge in [-0.2, -0.15) is 0 Å². The van der Waals surface area contributed by atoms with Crippen LogP contribution < -0.4 is 15.2 Å². The van der Waals surface area contributed by atoms with Crippen LogP contribution in [0.15, 0.2) is 40.9 Å². The van der Waals surface area contributed by atoms with Crippen molar-refractivity contribution >= 4 is 44.7 Å². The second kappa shape index (κ2) is 7.11. The molecule has 0 radical (unpaired) electrons. The number of nitrogens with two attached hydrogens (primary N) is 1. The van der Waals surface area contributed by atoms with Crippen molar-refractivity contribution in [1.29, 1.82) is 0 Å². The van der Waals surface area contributed by atoms with Crippen LogP contribution in [0.5, 0.6) is 11.5 Å². The molecule has 3 nitrogen and oxygen atoms in total. The Labute approximate surface area is 142 Å². The molecule has 0 amide bonds. The van der Waals surface area contributed by atoms with Crippen LogP contribution in [-0.2, 0) is 6.61 Å². The van der Waals surface area contributed by atoms with E-state index in [1.54, 1.807) is 25.3 Å². The Hall–Kier alpha value is -1.30. The van der Waals surface area contributed by atoms with Gasteiger partial charge in [0.1, 0.15) is 11.6 Å². The van der Waals surface area contributed by atoms with Gasteiger partial charge in [0.05, 0.1) is 7.11 Å². The van der Waals surface area contributed by atoms with Crippen molar-refractivity contribution in [2.45, 2.75) is 6.61 Å². The highest BCUT2D eigenvalue weighted by Crippen LogP contribution is 2.30. The van der Waals surface area contributed by atoms with Crippen molar-refractivity contribution in [3.05, 3.63) is 57.0 Å². The Bertz CT molecular complexity index is 679. The predicted octanol–water partition coefficient (Wildman–Crippen LogP) is 4.32. The minimum absolute atomic E-state index is 0.316. The van der Waals surface area contributed by atoms with E-state index < -0.39 is 0 Å². The topological polar surface area (TPSA) is 44.5 Å². The molecule has 0 unspecified atom stereocenters. The largest absolute Gasteiger partial charge is 0.493 e. The summed E-state index contributed by atoms with van der Waals surface area (Å²) in [6.07, 6.45) is 0. The minimum atomic E-state index is 0.316. The molecule has 0 aliphatic carbocycles. The van der Waals surface area contributed by atoms with Gasteiger partial charge in [-0.15, -0.1) is 0 Å². The summed E-state index contributed by atoms with van der Waals surface area (Å²) in [7, 11) is 1.57. The third kappa shape index (κ3) is 4.09. The van der Waals surface area contributed by atoms with Gasteiger partial charge in [-0.05, 0) is 30.3 Å². The fourth-order valence-corrected chi connectivity index (χ4v) is 2.59. The number of halogens is 2. The maximum atomic E-state index is 6.16. The number of hydrogen-bond donors (Lipinski definition) is 1. The predicted molar refractivity (Wildman–Crippen MR) is 92.4 cm³/mol. The van der Waals surface area contributed by atoms with Gasteiger partial charge >= 0.3 is 0 Å². The van der Waals surface area contributed by atoms with Crippen LogP contribution in [0, 0.1) is 0 Å². The minimum Gasteiger partial charge on any atom is -0.493 e. The van der Waals surface area contributed by atoms with E-state index in [4.69, 9.17) is 39.0 Å². The number of hydrogen-bond acceptors (Lipinski definition) is 3. The van der Waals surface area contributed by atoms with Gasteiger partial charge in [-0.3, -0.25) is 0 Å². The highest BCUT2D eigenvalue weighted by atomic mass is 79.9. The number of ether oxygens (including phenoxy) is 2. The molecular weight excluding hydrogens is 374 g/mol. The van der Waals surface area contributed by atoms with Gasteiger partial charge in [0.25, 0.3) is 0 Å². The normalized spacial score (nSPS) is 10.2. The molecule has 110 valence electrons. The Morgan fingerprint density at radius 2 is 2.00 bits per heavy atom. The van der Waals surface area contributed by atoms with Crippen molar-refractivity contribution in [3.63, 3.8) is 0 Å². The molecule has 2 aromatic rings. The van der Waals surface area contributed by atoms with Crippen molar-refractivity contribution in [1.82, 2.24) is 0 Å². The Morgan fingerprint density at radius 1 is 1.24 bits per heavy atom. The summed E-state index contributed by atoms with van der Waals surface area (Å²) in [6, 6.07) is 11.0. The third-order valence-electron chi connectivity index (χ3n) is 2.85. The van der Waals surface area contributed by atoms with Crippen molar-refractivity contribution in [3.8, 4) is 11.5 Å². The maximum Gasteiger partial charge on any atom is 0.161 e.